The van der Waals surface area contributed by atoms with Crippen molar-refractivity contribution in [1.82, 2.24) is 0 Å². The molecule has 1 aliphatic rings. The summed E-state index contributed by atoms with van der Waals surface area (Å²) in [6, 6.07) is 3.88. The van der Waals surface area contributed by atoms with Crippen molar-refractivity contribution >= 4 is 32.6 Å². The van der Waals surface area contributed by atoms with Crippen LogP contribution in [0.25, 0.3) is 0 Å². The largest absolute Gasteiger partial charge is 0.372 e. The van der Waals surface area contributed by atoms with E-state index >= 15 is 0 Å². The van der Waals surface area contributed by atoms with Crippen LogP contribution in [0.1, 0.15) is 50.0 Å². The molecule has 0 spiro atoms. The van der Waals surface area contributed by atoms with Gasteiger partial charge < -0.3 is 18.1 Å². The predicted molar refractivity (Wildman–Crippen MR) is 118 cm³/mol. The molecule has 0 radical (unpaired) electrons. The second-order valence-corrected chi connectivity index (χ2v) is 12.0. The molecular formula is C19H29ClN2O7P2. The van der Waals surface area contributed by atoms with Crippen molar-refractivity contribution in [2.75, 3.05) is 26.4 Å². The van der Waals surface area contributed by atoms with Crippen molar-refractivity contribution in [3.63, 3.8) is 0 Å². The summed E-state index contributed by atoms with van der Waals surface area (Å²) in [6.45, 7) is 8.30. The number of hydrogen-bond donors (Lipinski definition) is 0. The van der Waals surface area contributed by atoms with Crippen LogP contribution in [0.15, 0.2) is 28.4 Å². The Labute approximate surface area is 187 Å². The molecule has 0 aliphatic carbocycles. The number of carbonyl (C=O) groups excluding carboxylic acids is 1. The second kappa shape index (κ2) is 10.8. The SMILES string of the molecule is CCOP(=O)(OCC)C1(P(=O)(OCC)OCC)CC(C(=O)c2ccc(C)cc2Cl)N=N1. The van der Waals surface area contributed by atoms with E-state index in [1.165, 1.54) is 0 Å². The monoisotopic (exact) mass is 494 g/mol. The van der Waals surface area contributed by atoms with Crippen LogP contribution < -0.4 is 0 Å². The summed E-state index contributed by atoms with van der Waals surface area (Å²) in [5.41, 5.74) is 1.12. The van der Waals surface area contributed by atoms with Gasteiger partial charge in [-0.05, 0) is 52.3 Å². The lowest BCUT2D eigenvalue weighted by molar-refractivity contribution is 0.0960. The van der Waals surface area contributed by atoms with E-state index in [2.05, 4.69) is 10.2 Å². The Morgan fingerprint density at radius 3 is 1.94 bits per heavy atom. The molecule has 0 amide bonds. The Kier molecular flexibility index (Phi) is 9.17. The third kappa shape index (κ3) is 5.03. The Balaban J connectivity index is 2.58. The molecule has 0 fully saturated rings. The van der Waals surface area contributed by atoms with Crippen LogP contribution in [0.2, 0.25) is 5.02 Å². The molecule has 12 heteroatoms. The van der Waals surface area contributed by atoms with Gasteiger partial charge >= 0.3 is 15.2 Å². The molecule has 2 rings (SSSR count). The van der Waals surface area contributed by atoms with Gasteiger partial charge in [0.2, 0.25) is 0 Å². The highest BCUT2D eigenvalue weighted by Gasteiger charge is 2.69. The molecule has 0 aromatic heterocycles. The Hall–Kier alpha value is -0.920. The number of azo groups is 1. The quantitative estimate of drug-likeness (QED) is 0.249. The number of benzene rings is 1. The van der Waals surface area contributed by atoms with Gasteiger partial charge in [0.15, 0.2) is 5.78 Å². The van der Waals surface area contributed by atoms with Crippen LogP contribution >= 0.6 is 26.8 Å². The first-order valence-corrected chi connectivity index (χ1v) is 13.6. The van der Waals surface area contributed by atoms with Crippen molar-refractivity contribution in [1.29, 1.82) is 0 Å². The molecule has 1 unspecified atom stereocenters. The zero-order valence-electron chi connectivity index (χ0n) is 18.4. The van der Waals surface area contributed by atoms with Gasteiger partial charge in [-0.2, -0.15) is 10.2 Å². The topological polar surface area (TPSA) is 113 Å². The Bertz CT molecular complexity index is 875. The summed E-state index contributed by atoms with van der Waals surface area (Å²) in [7, 11) is -8.45. The number of rotatable bonds is 12. The van der Waals surface area contributed by atoms with Crippen LogP contribution in [0, 0.1) is 6.92 Å². The average molecular weight is 495 g/mol. The van der Waals surface area contributed by atoms with E-state index < -0.39 is 32.0 Å². The number of nitrogens with zero attached hydrogens (tertiary/aromatic N) is 2. The Morgan fingerprint density at radius 1 is 1.03 bits per heavy atom. The van der Waals surface area contributed by atoms with E-state index in [4.69, 9.17) is 29.7 Å². The minimum atomic E-state index is -4.23. The maximum atomic E-state index is 13.9. The number of aryl methyl sites for hydroxylation is 1. The molecule has 1 aliphatic heterocycles. The van der Waals surface area contributed by atoms with E-state index in [-0.39, 0.29) is 43.4 Å². The lowest BCUT2D eigenvalue weighted by atomic mass is 10.0. The first-order valence-electron chi connectivity index (χ1n) is 10.1. The van der Waals surface area contributed by atoms with Gasteiger partial charge in [-0.25, -0.2) is 0 Å². The molecule has 0 saturated heterocycles. The van der Waals surface area contributed by atoms with E-state index in [1.54, 1.807) is 45.9 Å². The number of ketones is 1. The molecule has 0 N–H and O–H groups in total. The molecule has 174 valence electrons. The maximum Gasteiger partial charge on any atom is 0.372 e. The molecular weight excluding hydrogens is 466 g/mol. The van der Waals surface area contributed by atoms with Gasteiger partial charge in [-0.1, -0.05) is 17.7 Å². The first kappa shape index (κ1) is 26.3. The van der Waals surface area contributed by atoms with Crippen LogP contribution in [-0.4, -0.2) is 43.3 Å². The van der Waals surface area contributed by atoms with Crippen LogP contribution in [-0.2, 0) is 27.2 Å². The minimum Gasteiger partial charge on any atom is -0.307 e. The second-order valence-electron chi connectivity index (χ2n) is 6.72. The highest BCUT2D eigenvalue weighted by atomic mass is 35.5. The zero-order chi connectivity index (χ0) is 23.3. The van der Waals surface area contributed by atoms with Crippen molar-refractivity contribution in [2.45, 2.75) is 52.1 Å². The number of Topliss-reactive ketones (excluding diaryl/α,β-unsaturated/α-hetero) is 1. The summed E-state index contributed by atoms with van der Waals surface area (Å²) in [6.07, 6.45) is -0.329. The number of halogens is 1. The third-order valence-corrected chi connectivity index (χ3v) is 11.1. The van der Waals surface area contributed by atoms with Gasteiger partial charge in [0.1, 0.15) is 6.04 Å². The normalized spacial score (nSPS) is 18.5. The summed E-state index contributed by atoms with van der Waals surface area (Å²) < 4.78 is 49.7. The zero-order valence-corrected chi connectivity index (χ0v) is 20.9. The first-order chi connectivity index (χ1) is 14.6. The van der Waals surface area contributed by atoms with E-state index in [1.807, 2.05) is 6.92 Å². The number of carbonyl (C=O) groups is 1. The fraction of sp³-hybridized carbons (Fsp3) is 0.632. The molecule has 31 heavy (non-hydrogen) atoms. The molecule has 0 saturated carbocycles. The molecule has 9 nitrogen and oxygen atoms in total. The standard InChI is InChI=1S/C19H29ClN2O7P2/c1-6-26-30(24,27-7-2)19(31(25,28-8-3)29-9-4)13-17(21-22-19)18(23)15-11-10-14(5)12-16(15)20/h10-12,17H,6-9,13H2,1-5H3. The smallest absolute Gasteiger partial charge is 0.307 e. The lowest BCUT2D eigenvalue weighted by Gasteiger charge is -2.36. The van der Waals surface area contributed by atoms with Crippen LogP contribution in [0.5, 0.6) is 0 Å². The van der Waals surface area contributed by atoms with E-state index in [9.17, 15) is 13.9 Å². The van der Waals surface area contributed by atoms with Crippen molar-refractivity contribution in [3.05, 3.63) is 34.3 Å². The van der Waals surface area contributed by atoms with E-state index in [0.717, 1.165) is 5.56 Å². The van der Waals surface area contributed by atoms with Gasteiger partial charge in [0.05, 0.1) is 31.5 Å². The molecule has 1 aromatic rings. The summed E-state index contributed by atoms with van der Waals surface area (Å²) >= 11 is 6.25. The summed E-state index contributed by atoms with van der Waals surface area (Å²) in [5.74, 6) is -0.449. The highest BCUT2D eigenvalue weighted by Crippen LogP contribution is 2.81. The highest BCUT2D eigenvalue weighted by molar-refractivity contribution is 7.74. The summed E-state index contributed by atoms with van der Waals surface area (Å²) in [5, 5.41) is 6.29. The summed E-state index contributed by atoms with van der Waals surface area (Å²) in [4.78, 5) is 13.2. The average Bonchev–Trinajstić information content (AvgIpc) is 3.16. The molecule has 1 heterocycles. The van der Waals surface area contributed by atoms with Gasteiger partial charge in [-0.15, -0.1) is 0 Å². The van der Waals surface area contributed by atoms with Gasteiger partial charge in [0.25, 0.3) is 5.02 Å². The third-order valence-electron chi connectivity index (χ3n) is 4.59. The Morgan fingerprint density at radius 2 is 1.52 bits per heavy atom. The van der Waals surface area contributed by atoms with Crippen molar-refractivity contribution < 1.29 is 32.0 Å². The van der Waals surface area contributed by atoms with Crippen LogP contribution in [0.3, 0.4) is 0 Å². The van der Waals surface area contributed by atoms with Crippen molar-refractivity contribution in [3.8, 4) is 0 Å². The minimum absolute atomic E-state index is 0.00476. The molecule has 1 aromatic carbocycles. The van der Waals surface area contributed by atoms with Crippen molar-refractivity contribution in [2.24, 2.45) is 10.2 Å². The predicted octanol–water partition coefficient (Wildman–Crippen LogP) is 6.24. The fourth-order valence-corrected chi connectivity index (χ4v) is 8.97. The maximum absolute atomic E-state index is 13.9. The fourth-order valence-electron chi connectivity index (χ4n) is 3.30. The molecule has 1 atom stereocenters. The van der Waals surface area contributed by atoms with Gasteiger partial charge in [-0.3, -0.25) is 13.9 Å². The van der Waals surface area contributed by atoms with Gasteiger partial charge in [0, 0.05) is 12.0 Å². The van der Waals surface area contributed by atoms with Crippen LogP contribution in [0.4, 0.5) is 0 Å². The molecule has 0 bridgehead atoms. The lowest BCUT2D eigenvalue weighted by Crippen LogP contribution is -2.33. The van der Waals surface area contributed by atoms with E-state index in [0.29, 0.717) is 0 Å². The number of hydrogen-bond acceptors (Lipinski definition) is 9.